The Balaban J connectivity index is 2.78. The third-order valence-corrected chi connectivity index (χ3v) is 3.85. The first-order chi connectivity index (χ1) is 8.97. The van der Waals surface area contributed by atoms with Gasteiger partial charge in [-0.15, -0.1) is 0 Å². The molecule has 0 spiro atoms. The maximum Gasteiger partial charge on any atom is 0.243 e. The van der Waals surface area contributed by atoms with Gasteiger partial charge in [0.2, 0.25) is 5.91 Å². The number of amides is 1. The van der Waals surface area contributed by atoms with Gasteiger partial charge in [0, 0.05) is 12.7 Å². The Bertz CT molecular complexity index is 420. The largest absolute Gasteiger partial charge is 0.320 e. The highest BCUT2D eigenvalue weighted by atomic mass is 32.2. The molecule has 0 aliphatic carbocycles. The molecule has 0 bridgehead atoms. The predicted molar refractivity (Wildman–Crippen MR) is 84.9 cm³/mol. The number of thioether (sulfide) groups is 1. The Labute approximate surface area is 120 Å². The highest BCUT2D eigenvalue weighted by molar-refractivity contribution is 7.98. The Morgan fingerprint density at radius 2 is 2.11 bits per heavy atom. The van der Waals surface area contributed by atoms with Gasteiger partial charge in [-0.1, -0.05) is 26.0 Å². The third-order valence-electron chi connectivity index (χ3n) is 3.20. The van der Waals surface area contributed by atoms with Crippen molar-refractivity contribution in [3.05, 3.63) is 29.8 Å². The van der Waals surface area contributed by atoms with Gasteiger partial charge in [-0.05, 0) is 42.0 Å². The predicted octanol–water partition coefficient (Wildman–Crippen LogP) is 2.85. The van der Waals surface area contributed by atoms with Crippen molar-refractivity contribution in [1.29, 1.82) is 0 Å². The van der Waals surface area contributed by atoms with Crippen LogP contribution in [0.2, 0.25) is 0 Å². The van der Waals surface area contributed by atoms with Crippen LogP contribution in [0.4, 0.5) is 5.69 Å². The van der Waals surface area contributed by atoms with E-state index in [1.165, 1.54) is 5.56 Å². The minimum atomic E-state index is -0.417. The molecule has 0 aromatic heterocycles. The van der Waals surface area contributed by atoms with Crippen molar-refractivity contribution in [1.82, 2.24) is 0 Å². The van der Waals surface area contributed by atoms with Crippen LogP contribution < -0.4 is 10.6 Å². The maximum atomic E-state index is 12.2. The van der Waals surface area contributed by atoms with E-state index in [1.807, 2.05) is 18.4 Å². The number of carbonyl (C=O) groups excluding carboxylic acids is 1. The van der Waals surface area contributed by atoms with Crippen molar-refractivity contribution in [2.24, 2.45) is 5.73 Å². The van der Waals surface area contributed by atoms with Gasteiger partial charge in [-0.3, -0.25) is 4.79 Å². The summed E-state index contributed by atoms with van der Waals surface area (Å²) in [5.41, 5.74) is 8.08. The van der Waals surface area contributed by atoms with Gasteiger partial charge in [0.1, 0.15) is 0 Å². The molecule has 1 aromatic rings. The molecule has 1 rings (SSSR count). The number of hydrogen-bond acceptors (Lipinski definition) is 3. The molecule has 19 heavy (non-hydrogen) atoms. The summed E-state index contributed by atoms with van der Waals surface area (Å²) >= 11 is 1.71. The van der Waals surface area contributed by atoms with Crippen molar-refractivity contribution in [2.45, 2.75) is 32.2 Å². The third kappa shape index (κ3) is 4.55. The quantitative estimate of drug-likeness (QED) is 0.871. The number of rotatable bonds is 6. The first-order valence-corrected chi connectivity index (χ1v) is 7.98. The summed E-state index contributed by atoms with van der Waals surface area (Å²) in [5.74, 6) is 1.34. The van der Waals surface area contributed by atoms with Gasteiger partial charge in [0.25, 0.3) is 0 Å². The Morgan fingerprint density at radius 1 is 1.42 bits per heavy atom. The fourth-order valence-corrected chi connectivity index (χ4v) is 2.33. The van der Waals surface area contributed by atoms with Gasteiger partial charge < -0.3 is 10.6 Å². The van der Waals surface area contributed by atoms with Crippen LogP contribution in [0.25, 0.3) is 0 Å². The van der Waals surface area contributed by atoms with Crippen LogP contribution in [-0.2, 0) is 4.79 Å². The van der Waals surface area contributed by atoms with Crippen LogP contribution in [0.3, 0.4) is 0 Å². The van der Waals surface area contributed by atoms with E-state index in [9.17, 15) is 4.79 Å². The molecule has 0 saturated heterocycles. The van der Waals surface area contributed by atoms with E-state index >= 15 is 0 Å². The zero-order valence-electron chi connectivity index (χ0n) is 12.2. The average molecular weight is 280 g/mol. The Morgan fingerprint density at radius 3 is 2.68 bits per heavy atom. The molecule has 1 amide bonds. The first kappa shape index (κ1) is 16.1. The van der Waals surface area contributed by atoms with E-state index in [1.54, 1.807) is 23.7 Å². The van der Waals surface area contributed by atoms with Crippen molar-refractivity contribution in [3.8, 4) is 0 Å². The summed E-state index contributed by atoms with van der Waals surface area (Å²) in [6.45, 7) is 4.29. The molecule has 4 heteroatoms. The molecule has 2 N–H and O–H groups in total. The van der Waals surface area contributed by atoms with E-state index in [4.69, 9.17) is 5.73 Å². The lowest BCUT2D eigenvalue weighted by Gasteiger charge is -2.22. The van der Waals surface area contributed by atoms with Crippen molar-refractivity contribution in [2.75, 3.05) is 24.0 Å². The number of nitrogens with two attached hydrogens (primary N) is 1. The van der Waals surface area contributed by atoms with Crippen molar-refractivity contribution < 1.29 is 4.79 Å². The van der Waals surface area contributed by atoms with Crippen molar-refractivity contribution >= 4 is 23.4 Å². The fourth-order valence-electron chi connectivity index (χ4n) is 1.84. The summed E-state index contributed by atoms with van der Waals surface area (Å²) in [4.78, 5) is 13.9. The molecule has 0 aliphatic heterocycles. The van der Waals surface area contributed by atoms with Crippen LogP contribution in [0.1, 0.15) is 31.7 Å². The number of benzene rings is 1. The molecular weight excluding hydrogens is 256 g/mol. The second-order valence-corrected chi connectivity index (χ2v) is 6.02. The molecule has 106 valence electrons. The summed E-state index contributed by atoms with van der Waals surface area (Å²) in [7, 11) is 1.79. The van der Waals surface area contributed by atoms with E-state index < -0.39 is 6.04 Å². The van der Waals surface area contributed by atoms with E-state index in [-0.39, 0.29) is 5.91 Å². The molecule has 0 saturated carbocycles. The number of likely N-dealkylation sites (N-methyl/N-ethyl adjacent to an activating group) is 1. The molecule has 0 unspecified atom stereocenters. The molecule has 3 nitrogen and oxygen atoms in total. The zero-order chi connectivity index (χ0) is 14.4. The average Bonchev–Trinajstić information content (AvgIpc) is 2.43. The molecule has 0 fully saturated rings. The lowest BCUT2D eigenvalue weighted by molar-refractivity contribution is -0.119. The summed E-state index contributed by atoms with van der Waals surface area (Å²) in [5, 5.41) is 0. The second kappa shape index (κ2) is 7.56. The molecule has 0 radical (unpaired) electrons. The molecule has 0 heterocycles. The van der Waals surface area contributed by atoms with Gasteiger partial charge >= 0.3 is 0 Å². The lowest BCUT2D eigenvalue weighted by atomic mass is 10.0. The second-order valence-electron chi connectivity index (χ2n) is 5.03. The smallest absolute Gasteiger partial charge is 0.243 e. The Kier molecular flexibility index (Phi) is 6.38. The van der Waals surface area contributed by atoms with E-state index in [0.29, 0.717) is 12.3 Å². The highest BCUT2D eigenvalue weighted by Crippen LogP contribution is 2.21. The number of hydrogen-bond donors (Lipinski definition) is 1. The van der Waals surface area contributed by atoms with Gasteiger partial charge in [0.05, 0.1) is 6.04 Å². The van der Waals surface area contributed by atoms with Crippen LogP contribution >= 0.6 is 11.8 Å². The molecular formula is C15H24N2OS. The SMILES string of the molecule is CSCC[C@H](N)C(=O)N(C)c1cccc(C(C)C)c1. The Hall–Kier alpha value is -1.00. The molecule has 0 aliphatic rings. The van der Waals surface area contributed by atoms with E-state index in [2.05, 4.69) is 26.0 Å². The zero-order valence-corrected chi connectivity index (χ0v) is 13.0. The highest BCUT2D eigenvalue weighted by Gasteiger charge is 2.19. The van der Waals surface area contributed by atoms with Crippen LogP contribution in [0, 0.1) is 0 Å². The number of anilines is 1. The normalized spacial score (nSPS) is 12.5. The van der Waals surface area contributed by atoms with Crippen molar-refractivity contribution in [3.63, 3.8) is 0 Å². The maximum absolute atomic E-state index is 12.2. The standard InChI is InChI=1S/C15H24N2OS/c1-11(2)12-6-5-7-13(10-12)17(3)15(18)14(16)8-9-19-4/h5-7,10-11,14H,8-9,16H2,1-4H3/t14-/m0/s1. The lowest BCUT2D eigenvalue weighted by Crippen LogP contribution is -2.42. The van der Waals surface area contributed by atoms with Gasteiger partial charge in [-0.25, -0.2) is 0 Å². The fraction of sp³-hybridized carbons (Fsp3) is 0.533. The van der Waals surface area contributed by atoms with Gasteiger partial charge in [-0.2, -0.15) is 11.8 Å². The van der Waals surface area contributed by atoms with Gasteiger partial charge in [0.15, 0.2) is 0 Å². The number of nitrogens with zero attached hydrogens (tertiary/aromatic N) is 1. The summed E-state index contributed by atoms with van der Waals surface area (Å²) in [6, 6.07) is 7.66. The first-order valence-electron chi connectivity index (χ1n) is 6.59. The monoisotopic (exact) mass is 280 g/mol. The van der Waals surface area contributed by atoms with Crippen LogP contribution in [0.5, 0.6) is 0 Å². The number of carbonyl (C=O) groups is 1. The molecule has 1 atom stereocenters. The van der Waals surface area contributed by atoms with E-state index in [0.717, 1.165) is 11.4 Å². The summed E-state index contributed by atoms with van der Waals surface area (Å²) in [6.07, 6.45) is 2.74. The minimum absolute atomic E-state index is 0.0186. The molecule has 1 aromatic carbocycles. The summed E-state index contributed by atoms with van der Waals surface area (Å²) < 4.78 is 0. The van der Waals surface area contributed by atoms with Crippen LogP contribution in [-0.4, -0.2) is 31.0 Å². The topological polar surface area (TPSA) is 46.3 Å². The minimum Gasteiger partial charge on any atom is -0.320 e. The van der Waals surface area contributed by atoms with Crippen LogP contribution in [0.15, 0.2) is 24.3 Å².